The number of aryl methyl sites for hydroxylation is 1. The summed E-state index contributed by atoms with van der Waals surface area (Å²) in [6.45, 7) is 28.9. The average molecular weight is 921 g/mol. The van der Waals surface area contributed by atoms with Crippen LogP contribution in [0.3, 0.4) is 0 Å². The molecule has 3 nitrogen and oxygen atoms in total. The first-order chi connectivity index (χ1) is 33.7. The third-order valence-electron chi connectivity index (χ3n) is 18.9. The van der Waals surface area contributed by atoms with Crippen LogP contribution < -0.4 is 15.7 Å². The summed E-state index contributed by atoms with van der Waals surface area (Å²) < 4.78 is 9.38. The van der Waals surface area contributed by atoms with Crippen LogP contribution in [0, 0.1) is 6.92 Å². The van der Waals surface area contributed by atoms with Gasteiger partial charge in [-0.1, -0.05) is 149 Å². The summed E-state index contributed by atoms with van der Waals surface area (Å²) in [6, 6.07) is 50.4. The molecule has 15 rings (SSSR count). The van der Waals surface area contributed by atoms with Gasteiger partial charge in [-0.2, -0.15) is 0 Å². The summed E-state index contributed by atoms with van der Waals surface area (Å²) >= 11 is 0. The van der Waals surface area contributed by atoms with Crippen LogP contribution >= 0.6 is 0 Å². The number of rotatable bonds is 1. The molecule has 0 bridgehead atoms. The van der Waals surface area contributed by atoms with Crippen LogP contribution in [-0.2, 0) is 27.1 Å². The highest BCUT2D eigenvalue weighted by molar-refractivity contribution is 6.93. The maximum atomic E-state index is 6.73. The third kappa shape index (κ3) is 5.16. The fourth-order valence-corrected chi connectivity index (χ4v) is 14.8. The number of hydrogen-bond acceptors (Lipinski definition) is 2. The molecule has 71 heavy (non-hydrogen) atoms. The molecule has 0 radical (unpaired) electrons. The minimum atomic E-state index is -0.183. The second-order valence-electron chi connectivity index (χ2n) is 25.6. The molecule has 2 aliphatic heterocycles. The quantitative estimate of drug-likeness (QED) is 0.153. The summed E-state index contributed by atoms with van der Waals surface area (Å²) in [4.78, 5) is 2.76. The van der Waals surface area contributed by atoms with Crippen molar-refractivity contribution in [3.8, 4) is 39.1 Å². The van der Waals surface area contributed by atoms with Crippen LogP contribution in [-0.4, -0.2) is 11.4 Å². The van der Waals surface area contributed by atoms with E-state index in [4.69, 9.17) is 4.42 Å². The van der Waals surface area contributed by atoms with E-state index in [1.165, 1.54) is 146 Å². The van der Waals surface area contributed by atoms with Gasteiger partial charge in [-0.15, -0.1) is 0 Å². The molecule has 8 aromatic carbocycles. The SMILES string of the molecule is Cc1cc2c3c4c1c1cc5c(cc1n4-c1cc4c(cc1B3N(c1ccc(C(C)(C)C)cc1)c1cc3c(cc1-2)C(C)(C)c1cc2c(cc1-3)C(C)(C)CCC2(C)C)-c1ccccc1C4(C)C)oc1ccccc15. The van der Waals surface area contributed by atoms with E-state index < -0.39 is 0 Å². The molecule has 0 unspecified atom stereocenters. The molecule has 0 spiro atoms. The van der Waals surface area contributed by atoms with E-state index in [-0.39, 0.29) is 33.9 Å². The summed E-state index contributed by atoms with van der Waals surface area (Å²) in [5, 5.41) is 4.94. The van der Waals surface area contributed by atoms with E-state index in [1.54, 1.807) is 0 Å². The Labute approximate surface area is 418 Å². The Balaban J connectivity index is 1.10. The van der Waals surface area contributed by atoms with E-state index in [1.807, 2.05) is 0 Å². The first-order valence-corrected chi connectivity index (χ1v) is 26.2. The monoisotopic (exact) mass is 920 g/mol. The second-order valence-corrected chi connectivity index (χ2v) is 25.6. The van der Waals surface area contributed by atoms with E-state index in [0.29, 0.717) is 0 Å². The van der Waals surface area contributed by atoms with Gasteiger partial charge in [-0.3, -0.25) is 0 Å². The van der Waals surface area contributed by atoms with E-state index in [0.717, 1.165) is 16.6 Å². The Hall–Kier alpha value is -6.78. The van der Waals surface area contributed by atoms with Gasteiger partial charge in [-0.05, 0) is 168 Å². The smallest absolute Gasteiger partial charge is 0.333 e. The Morgan fingerprint density at radius 3 is 1.90 bits per heavy atom. The van der Waals surface area contributed by atoms with Gasteiger partial charge >= 0.3 is 6.85 Å². The number of furan rings is 1. The highest BCUT2D eigenvalue weighted by Crippen LogP contribution is 2.58. The Morgan fingerprint density at radius 1 is 0.507 bits per heavy atom. The third-order valence-corrected chi connectivity index (χ3v) is 18.9. The predicted octanol–water partition coefficient (Wildman–Crippen LogP) is 16.5. The number of fused-ring (bicyclic) bond motifs is 18. The van der Waals surface area contributed by atoms with Gasteiger partial charge in [0, 0.05) is 61.1 Å². The molecule has 348 valence electrons. The van der Waals surface area contributed by atoms with Crippen LogP contribution in [0.5, 0.6) is 0 Å². The van der Waals surface area contributed by atoms with Crippen LogP contribution in [0.2, 0.25) is 0 Å². The number of para-hydroxylation sites is 1. The summed E-state index contributed by atoms with van der Waals surface area (Å²) in [5.74, 6) is 0. The Bertz CT molecular complexity index is 4100. The van der Waals surface area contributed by atoms with Crippen molar-refractivity contribution in [1.82, 2.24) is 4.57 Å². The maximum absolute atomic E-state index is 6.73. The summed E-state index contributed by atoms with van der Waals surface area (Å²) in [5.41, 5.74) is 30.3. The molecule has 0 fully saturated rings. The second kappa shape index (κ2) is 13.0. The lowest BCUT2D eigenvalue weighted by molar-refractivity contribution is 0.331. The minimum absolute atomic E-state index is 0.0237. The Morgan fingerprint density at radius 2 is 1.14 bits per heavy atom. The summed E-state index contributed by atoms with van der Waals surface area (Å²) in [7, 11) is 0. The molecule has 0 saturated heterocycles. The molecular formula is C67H61BN2O. The van der Waals surface area contributed by atoms with Crippen LogP contribution in [0.1, 0.15) is 134 Å². The lowest BCUT2D eigenvalue weighted by Gasteiger charge is -2.43. The fraction of sp³-hybridized carbons (Fsp3) is 0.284. The summed E-state index contributed by atoms with van der Waals surface area (Å²) in [6.07, 6.45) is 2.40. The molecule has 3 aliphatic carbocycles. The highest BCUT2D eigenvalue weighted by atomic mass is 16.3. The van der Waals surface area contributed by atoms with Crippen molar-refractivity contribution in [1.29, 1.82) is 0 Å². The van der Waals surface area contributed by atoms with Gasteiger partial charge in [0.25, 0.3) is 0 Å². The lowest BCUT2D eigenvalue weighted by atomic mass is 9.43. The average Bonchev–Trinajstić information content (AvgIpc) is 4.01. The number of benzene rings is 8. The minimum Gasteiger partial charge on any atom is -0.456 e. The first-order valence-electron chi connectivity index (χ1n) is 26.2. The van der Waals surface area contributed by atoms with Crippen molar-refractivity contribution < 1.29 is 4.42 Å². The Kier molecular flexibility index (Phi) is 7.68. The predicted molar refractivity (Wildman–Crippen MR) is 301 cm³/mol. The van der Waals surface area contributed by atoms with Crippen LogP contribution in [0.15, 0.2) is 132 Å². The topological polar surface area (TPSA) is 21.3 Å². The van der Waals surface area contributed by atoms with Gasteiger partial charge in [0.2, 0.25) is 0 Å². The van der Waals surface area contributed by atoms with Crippen LogP contribution in [0.4, 0.5) is 11.4 Å². The maximum Gasteiger partial charge on any atom is 0.333 e. The molecule has 0 atom stereocenters. The van der Waals surface area contributed by atoms with Crippen molar-refractivity contribution in [2.75, 3.05) is 4.81 Å². The van der Waals surface area contributed by atoms with Gasteiger partial charge in [-0.25, -0.2) is 0 Å². The standard InChI is InChI=1S/C67H61BN2O/c1-36-27-46-44-30-49-43(41-29-52-53(33-50(41)67(49,11)12)65(7,8)26-25-64(52,5)6)32-56(44)70(38-23-21-37(22-24-38)63(2,3)4)68-54-31-42-39-17-13-15-19-48(39)66(9,10)51(42)34-57(54)69-55-35-59-45(40-18-14-16-20-58(40)71-59)28-47(55)60(36)62(69)61(46)68/h13-24,27-35H,25-26H2,1-12H3. The van der Waals surface area contributed by atoms with Crippen molar-refractivity contribution in [2.45, 2.75) is 123 Å². The zero-order valence-corrected chi connectivity index (χ0v) is 43.4. The molecule has 4 heteroatoms. The zero-order chi connectivity index (χ0) is 48.8. The zero-order valence-electron chi connectivity index (χ0n) is 43.4. The molecule has 4 heterocycles. The van der Waals surface area contributed by atoms with Crippen molar-refractivity contribution in [2.24, 2.45) is 0 Å². The molecule has 2 aromatic heterocycles. The lowest BCUT2D eigenvalue weighted by Crippen LogP contribution is -2.60. The normalized spacial score (nSPS) is 17.9. The van der Waals surface area contributed by atoms with E-state index in [2.05, 4.69) is 220 Å². The largest absolute Gasteiger partial charge is 0.456 e. The van der Waals surface area contributed by atoms with Gasteiger partial charge in [0.05, 0.1) is 11.0 Å². The van der Waals surface area contributed by atoms with E-state index >= 15 is 0 Å². The van der Waals surface area contributed by atoms with Gasteiger partial charge in [0.15, 0.2) is 0 Å². The fourth-order valence-electron chi connectivity index (χ4n) is 14.8. The number of aromatic nitrogens is 1. The van der Waals surface area contributed by atoms with E-state index in [9.17, 15) is 0 Å². The van der Waals surface area contributed by atoms with Crippen LogP contribution in [0.25, 0.3) is 82.8 Å². The molecule has 0 N–H and O–H groups in total. The van der Waals surface area contributed by atoms with Gasteiger partial charge in [0.1, 0.15) is 11.2 Å². The number of hydrogen-bond donors (Lipinski definition) is 0. The van der Waals surface area contributed by atoms with Gasteiger partial charge < -0.3 is 13.8 Å². The molecular weight excluding hydrogens is 860 g/mol. The molecule has 0 saturated carbocycles. The number of anilines is 2. The number of nitrogens with zero attached hydrogens (tertiary/aromatic N) is 2. The first kappa shape index (κ1) is 42.0. The van der Waals surface area contributed by atoms with Crippen molar-refractivity contribution >= 4 is 72.9 Å². The molecule has 10 aromatic rings. The van der Waals surface area contributed by atoms with Crippen molar-refractivity contribution in [3.63, 3.8) is 0 Å². The highest BCUT2D eigenvalue weighted by Gasteiger charge is 2.49. The molecule has 0 amide bonds. The van der Waals surface area contributed by atoms with Crippen molar-refractivity contribution in [3.05, 3.63) is 172 Å². The molecule has 5 aliphatic rings.